The summed E-state index contributed by atoms with van der Waals surface area (Å²) in [6.07, 6.45) is 5.05. The van der Waals surface area contributed by atoms with Gasteiger partial charge in [-0.1, -0.05) is 24.3 Å². The lowest BCUT2D eigenvalue weighted by Gasteiger charge is -2.07. The van der Waals surface area contributed by atoms with Crippen LogP contribution in [0.3, 0.4) is 0 Å². The molecule has 0 aliphatic heterocycles. The molecule has 0 atom stereocenters. The van der Waals surface area contributed by atoms with Gasteiger partial charge in [-0.05, 0) is 53.8 Å². The number of H-pyrrole nitrogens is 1. The lowest BCUT2D eigenvalue weighted by atomic mass is 10.0. The third-order valence-electron chi connectivity index (χ3n) is 5.28. The van der Waals surface area contributed by atoms with E-state index in [1.165, 1.54) is 0 Å². The number of pyridine rings is 2. The van der Waals surface area contributed by atoms with Gasteiger partial charge in [0.05, 0.1) is 11.1 Å². The first kappa shape index (κ1) is 20.3. The van der Waals surface area contributed by atoms with E-state index < -0.39 is 5.91 Å². The topological polar surface area (TPSA) is 113 Å². The number of amides is 2. The molecule has 3 aromatic heterocycles. The minimum Gasteiger partial charge on any atom is -0.352 e. The lowest BCUT2D eigenvalue weighted by Crippen LogP contribution is -2.23. The zero-order valence-corrected chi connectivity index (χ0v) is 17.8. The summed E-state index contributed by atoms with van der Waals surface area (Å²) in [7, 11) is 0. The van der Waals surface area contributed by atoms with Crippen molar-refractivity contribution in [3.8, 4) is 11.1 Å². The van der Waals surface area contributed by atoms with E-state index in [0.29, 0.717) is 23.1 Å². The van der Waals surface area contributed by atoms with Gasteiger partial charge in [0.15, 0.2) is 0 Å². The predicted molar refractivity (Wildman–Crippen MR) is 127 cm³/mol. The van der Waals surface area contributed by atoms with E-state index in [0.717, 1.165) is 21.9 Å². The Morgan fingerprint density at radius 3 is 2.52 bits per heavy atom. The summed E-state index contributed by atoms with van der Waals surface area (Å²) in [6, 6.07) is 16.8. The highest BCUT2D eigenvalue weighted by Crippen LogP contribution is 2.28. The maximum atomic E-state index is 12.8. The van der Waals surface area contributed by atoms with Crippen LogP contribution in [0.1, 0.15) is 27.8 Å². The Labute approximate surface area is 189 Å². The second-order valence-corrected chi connectivity index (χ2v) is 7.47. The molecule has 33 heavy (non-hydrogen) atoms. The molecule has 5 rings (SSSR count). The summed E-state index contributed by atoms with van der Waals surface area (Å²) in [5.41, 5.74) is 3.55. The quantitative estimate of drug-likeness (QED) is 0.383. The first-order valence-electron chi connectivity index (χ1n) is 10.5. The van der Waals surface area contributed by atoms with Gasteiger partial charge in [-0.2, -0.15) is 0 Å². The van der Waals surface area contributed by atoms with Crippen LogP contribution in [0.15, 0.2) is 73.2 Å². The smallest absolute Gasteiger partial charge is 0.276 e. The number of aromatic nitrogens is 4. The number of carbonyl (C=O) groups excluding carboxylic acids is 2. The summed E-state index contributed by atoms with van der Waals surface area (Å²) >= 11 is 0. The predicted octanol–water partition coefficient (Wildman–Crippen LogP) is 4.18. The van der Waals surface area contributed by atoms with E-state index in [9.17, 15) is 9.59 Å². The number of nitrogens with one attached hydrogen (secondary N) is 3. The van der Waals surface area contributed by atoms with Gasteiger partial charge in [-0.25, -0.2) is 4.98 Å². The van der Waals surface area contributed by atoms with Crippen molar-refractivity contribution in [2.24, 2.45) is 0 Å². The fourth-order valence-corrected chi connectivity index (χ4v) is 3.70. The summed E-state index contributed by atoms with van der Waals surface area (Å²) in [5, 5.41) is 7.45. The molecule has 162 valence electrons. The summed E-state index contributed by atoms with van der Waals surface area (Å²) in [4.78, 5) is 41.5. The van der Waals surface area contributed by atoms with Gasteiger partial charge in [-0.3, -0.25) is 24.9 Å². The molecule has 0 saturated carbocycles. The number of hydrogen-bond acceptors (Lipinski definition) is 5. The number of hydrogen-bond donors (Lipinski definition) is 3. The standard InChI is InChI=1S/C25H20N6O2/c1-2-27-23(32)19-11-18(15-7-9-26-10-8-15)13-20-22(19)30-25(29-20)31-24(33)21-12-16-5-3-4-6-17(16)14-28-21/h3-14H,2H2,1H3,(H,27,32)(H2,29,30,31,33). The van der Waals surface area contributed by atoms with Crippen LogP contribution in [-0.4, -0.2) is 38.3 Å². The average molecular weight is 436 g/mol. The van der Waals surface area contributed by atoms with Crippen LogP contribution >= 0.6 is 0 Å². The van der Waals surface area contributed by atoms with Crippen molar-refractivity contribution in [1.82, 2.24) is 25.3 Å². The van der Waals surface area contributed by atoms with Crippen molar-refractivity contribution in [1.29, 1.82) is 0 Å². The van der Waals surface area contributed by atoms with Crippen molar-refractivity contribution in [2.45, 2.75) is 6.92 Å². The van der Waals surface area contributed by atoms with Gasteiger partial charge < -0.3 is 10.3 Å². The van der Waals surface area contributed by atoms with Crippen LogP contribution in [0.4, 0.5) is 5.95 Å². The summed E-state index contributed by atoms with van der Waals surface area (Å²) in [6.45, 7) is 2.34. The van der Waals surface area contributed by atoms with Gasteiger partial charge >= 0.3 is 0 Å². The third kappa shape index (κ3) is 4.01. The zero-order chi connectivity index (χ0) is 22.8. The van der Waals surface area contributed by atoms with Gasteiger partial charge in [0, 0.05) is 30.5 Å². The Morgan fingerprint density at radius 2 is 1.73 bits per heavy atom. The van der Waals surface area contributed by atoms with Crippen molar-refractivity contribution in [2.75, 3.05) is 11.9 Å². The number of nitrogens with zero attached hydrogens (tertiary/aromatic N) is 3. The molecule has 2 amide bonds. The van der Waals surface area contributed by atoms with Crippen LogP contribution < -0.4 is 10.6 Å². The van der Waals surface area contributed by atoms with E-state index in [4.69, 9.17) is 0 Å². The molecule has 5 aromatic rings. The maximum Gasteiger partial charge on any atom is 0.276 e. The van der Waals surface area contributed by atoms with Crippen molar-refractivity contribution >= 4 is 39.6 Å². The highest BCUT2D eigenvalue weighted by atomic mass is 16.2. The summed E-state index contributed by atoms with van der Waals surface area (Å²) < 4.78 is 0. The molecule has 0 aliphatic carbocycles. The minimum atomic E-state index is -0.395. The van der Waals surface area contributed by atoms with E-state index in [-0.39, 0.29) is 17.5 Å². The van der Waals surface area contributed by atoms with Crippen LogP contribution in [0.2, 0.25) is 0 Å². The SMILES string of the molecule is CCNC(=O)c1cc(-c2ccncc2)cc2[nH]c(NC(=O)c3cc4ccccc4cn3)nc12. The number of imidazole rings is 1. The maximum absolute atomic E-state index is 12.8. The highest BCUT2D eigenvalue weighted by Gasteiger charge is 2.18. The van der Waals surface area contributed by atoms with Gasteiger partial charge in [0.2, 0.25) is 5.95 Å². The van der Waals surface area contributed by atoms with Crippen LogP contribution in [0, 0.1) is 0 Å². The molecule has 0 aliphatic rings. The van der Waals surface area contributed by atoms with E-state index in [2.05, 4.69) is 30.6 Å². The molecule has 0 spiro atoms. The number of aromatic amines is 1. The van der Waals surface area contributed by atoms with E-state index >= 15 is 0 Å². The molecule has 8 heteroatoms. The number of fused-ring (bicyclic) bond motifs is 2. The Balaban J connectivity index is 1.52. The Bertz CT molecular complexity index is 1490. The minimum absolute atomic E-state index is 0.237. The second kappa shape index (κ2) is 8.51. The molecule has 0 bridgehead atoms. The molecular weight excluding hydrogens is 416 g/mol. The molecule has 3 N–H and O–H groups in total. The van der Waals surface area contributed by atoms with Gasteiger partial charge in [0.1, 0.15) is 11.2 Å². The fraction of sp³-hybridized carbons (Fsp3) is 0.0800. The molecule has 0 unspecified atom stereocenters. The first-order chi connectivity index (χ1) is 16.1. The van der Waals surface area contributed by atoms with E-state index in [1.54, 1.807) is 30.7 Å². The number of anilines is 1. The molecule has 0 radical (unpaired) electrons. The molecular formula is C25H20N6O2. The normalized spacial score (nSPS) is 10.9. The molecule has 2 aromatic carbocycles. The molecule has 3 heterocycles. The summed E-state index contributed by atoms with van der Waals surface area (Å²) in [5.74, 6) is -0.393. The van der Waals surface area contributed by atoms with Crippen LogP contribution in [0.5, 0.6) is 0 Å². The molecule has 8 nitrogen and oxygen atoms in total. The Morgan fingerprint density at radius 1 is 0.939 bits per heavy atom. The second-order valence-electron chi connectivity index (χ2n) is 7.47. The first-order valence-corrected chi connectivity index (χ1v) is 10.5. The largest absolute Gasteiger partial charge is 0.352 e. The lowest BCUT2D eigenvalue weighted by molar-refractivity contribution is 0.0956. The molecule has 0 saturated heterocycles. The molecule has 0 fully saturated rings. The van der Waals surface area contributed by atoms with E-state index in [1.807, 2.05) is 49.4 Å². The van der Waals surface area contributed by atoms with Crippen molar-refractivity contribution in [3.63, 3.8) is 0 Å². The van der Waals surface area contributed by atoms with Crippen molar-refractivity contribution < 1.29 is 9.59 Å². The number of carbonyl (C=O) groups is 2. The number of rotatable bonds is 5. The highest BCUT2D eigenvalue weighted by molar-refractivity contribution is 6.08. The zero-order valence-electron chi connectivity index (χ0n) is 17.8. The van der Waals surface area contributed by atoms with Gasteiger partial charge in [0.25, 0.3) is 11.8 Å². The van der Waals surface area contributed by atoms with Crippen LogP contribution in [-0.2, 0) is 0 Å². The van der Waals surface area contributed by atoms with Gasteiger partial charge in [-0.15, -0.1) is 0 Å². The van der Waals surface area contributed by atoms with Crippen LogP contribution in [0.25, 0.3) is 32.9 Å². The monoisotopic (exact) mass is 436 g/mol. The number of benzene rings is 2. The fourth-order valence-electron chi connectivity index (χ4n) is 3.70. The Kier molecular flexibility index (Phi) is 5.24. The third-order valence-corrected chi connectivity index (χ3v) is 5.28. The Hall–Kier alpha value is -4.59. The average Bonchev–Trinajstić information content (AvgIpc) is 3.26. The van der Waals surface area contributed by atoms with Crippen molar-refractivity contribution in [3.05, 3.63) is 84.4 Å².